The van der Waals surface area contributed by atoms with Crippen LogP contribution in [0.25, 0.3) is 16.9 Å². The molecule has 2 aliphatic heterocycles. The summed E-state index contributed by atoms with van der Waals surface area (Å²) >= 11 is 0. The number of carbonyl (C=O) groups excluding carboxylic acids is 3. The quantitative estimate of drug-likeness (QED) is 0.141. The highest BCUT2D eigenvalue weighted by Gasteiger charge is 2.33. The highest BCUT2D eigenvalue weighted by Crippen LogP contribution is 2.35. The summed E-state index contributed by atoms with van der Waals surface area (Å²) in [4.78, 5) is 60.5. The number of nitrogens with one attached hydrogen (secondary N) is 4. The maximum atomic E-state index is 15.3. The Kier molecular flexibility index (Phi) is 11.9. The van der Waals surface area contributed by atoms with Gasteiger partial charge in [0.15, 0.2) is 5.82 Å². The van der Waals surface area contributed by atoms with E-state index in [0.717, 1.165) is 83.5 Å². The molecule has 58 heavy (non-hydrogen) atoms. The van der Waals surface area contributed by atoms with Gasteiger partial charge in [0.25, 0.3) is 5.56 Å². The number of hydrogen-bond acceptors (Lipinski definition) is 9. The van der Waals surface area contributed by atoms with Crippen LogP contribution in [0.1, 0.15) is 88.5 Å². The molecule has 14 heteroatoms. The molecule has 0 radical (unpaired) electrons. The van der Waals surface area contributed by atoms with Crippen molar-refractivity contribution in [3.63, 3.8) is 0 Å². The third-order valence-electron chi connectivity index (χ3n) is 12.5. The lowest BCUT2D eigenvalue weighted by atomic mass is 9.83. The first kappa shape index (κ1) is 39.3. The molecule has 0 unspecified atom stereocenters. The molecule has 4 N–H and O–H groups in total. The van der Waals surface area contributed by atoms with Gasteiger partial charge in [-0.05, 0) is 126 Å². The minimum absolute atomic E-state index is 0.0497. The van der Waals surface area contributed by atoms with E-state index in [2.05, 4.69) is 36.1 Å². The minimum atomic E-state index is -0.555. The summed E-state index contributed by atoms with van der Waals surface area (Å²) in [7, 11) is 0. The zero-order chi connectivity index (χ0) is 40.2. The van der Waals surface area contributed by atoms with Crippen LogP contribution in [-0.2, 0) is 14.4 Å². The lowest BCUT2D eigenvalue weighted by molar-refractivity contribution is -0.133. The van der Waals surface area contributed by atoms with Crippen molar-refractivity contribution in [2.75, 3.05) is 23.7 Å². The number of rotatable bonds is 10. The molecule has 2 saturated carbocycles. The average Bonchev–Trinajstić information content (AvgIpc) is 3.23. The normalized spacial score (nSPS) is 24.5. The van der Waals surface area contributed by atoms with E-state index in [1.54, 1.807) is 42.6 Å². The minimum Gasteiger partial charge on any atom is -0.374 e. The fraction of sp³-hybridized carbons (Fsp3) is 0.455. The van der Waals surface area contributed by atoms with Crippen LogP contribution in [0.5, 0.6) is 0 Å². The SMILES string of the molecule is O=C1CC[C@@H](Nc2ccc(C3CCN(C4CCC(NC(=O)[C@H]5CC[C@H](Nc6ncc(F)c(-c7cccc(-n8ccccc8=O)c7)n6)CC5)CC4)CC3)c(F)c2)C(=O)N1. The zero-order valence-electron chi connectivity index (χ0n) is 32.5. The molecule has 0 spiro atoms. The number of anilines is 2. The van der Waals surface area contributed by atoms with Crippen LogP contribution >= 0.6 is 0 Å². The van der Waals surface area contributed by atoms with Gasteiger partial charge in [-0.2, -0.15) is 0 Å². The number of imide groups is 1. The predicted molar refractivity (Wildman–Crippen MR) is 216 cm³/mol. The van der Waals surface area contributed by atoms with Crippen LogP contribution in [0.3, 0.4) is 0 Å². The maximum absolute atomic E-state index is 15.3. The van der Waals surface area contributed by atoms with E-state index >= 15 is 4.39 Å². The van der Waals surface area contributed by atoms with Crippen LogP contribution in [0, 0.1) is 17.6 Å². The van der Waals surface area contributed by atoms with E-state index in [-0.39, 0.29) is 65.1 Å². The Balaban J connectivity index is 0.760. The molecular weight excluding hydrogens is 743 g/mol. The molecule has 2 aromatic heterocycles. The van der Waals surface area contributed by atoms with E-state index in [4.69, 9.17) is 0 Å². The molecule has 4 aliphatic rings. The molecular formula is C44H50F2N8O4. The fourth-order valence-corrected chi connectivity index (χ4v) is 9.23. The van der Waals surface area contributed by atoms with Crippen LogP contribution in [-0.4, -0.2) is 74.4 Å². The number of carbonyl (C=O) groups is 3. The van der Waals surface area contributed by atoms with Gasteiger partial charge in [-0.3, -0.25) is 29.1 Å². The van der Waals surface area contributed by atoms with Crippen LogP contribution in [0.4, 0.5) is 20.4 Å². The Labute approximate surface area is 336 Å². The highest BCUT2D eigenvalue weighted by molar-refractivity contribution is 6.01. The third kappa shape index (κ3) is 9.12. The summed E-state index contributed by atoms with van der Waals surface area (Å²) in [5.74, 6) is -0.936. The smallest absolute Gasteiger partial charge is 0.255 e. The average molecular weight is 793 g/mol. The topological polar surface area (TPSA) is 150 Å². The van der Waals surface area contributed by atoms with Gasteiger partial charge in [0.05, 0.1) is 6.20 Å². The molecule has 12 nitrogen and oxygen atoms in total. The number of amides is 3. The summed E-state index contributed by atoms with van der Waals surface area (Å²) in [6.07, 6.45) is 12.2. The largest absolute Gasteiger partial charge is 0.374 e. The Bertz CT molecular complexity index is 2190. The highest BCUT2D eigenvalue weighted by atomic mass is 19.1. The molecule has 3 amide bonds. The van der Waals surface area contributed by atoms with Gasteiger partial charge >= 0.3 is 0 Å². The summed E-state index contributed by atoms with van der Waals surface area (Å²) in [6.45, 7) is 1.82. The van der Waals surface area contributed by atoms with Gasteiger partial charge in [0.1, 0.15) is 17.6 Å². The Hall–Kier alpha value is -5.50. The monoisotopic (exact) mass is 792 g/mol. The third-order valence-corrected chi connectivity index (χ3v) is 12.5. The van der Waals surface area contributed by atoms with Crippen LogP contribution in [0.2, 0.25) is 0 Å². The van der Waals surface area contributed by atoms with E-state index in [1.165, 1.54) is 16.7 Å². The van der Waals surface area contributed by atoms with Crippen molar-refractivity contribution in [2.45, 2.75) is 107 Å². The van der Waals surface area contributed by atoms with Gasteiger partial charge in [0.2, 0.25) is 23.7 Å². The van der Waals surface area contributed by atoms with E-state index in [1.807, 2.05) is 12.1 Å². The molecule has 4 heterocycles. The lowest BCUT2D eigenvalue weighted by Gasteiger charge is -2.41. The Morgan fingerprint density at radius 1 is 0.776 bits per heavy atom. The van der Waals surface area contributed by atoms with Crippen molar-refractivity contribution in [1.29, 1.82) is 0 Å². The van der Waals surface area contributed by atoms with Crippen LogP contribution in [0.15, 0.2) is 77.9 Å². The fourth-order valence-electron chi connectivity index (χ4n) is 9.23. The zero-order valence-corrected chi connectivity index (χ0v) is 32.5. The molecule has 2 aliphatic carbocycles. The summed E-state index contributed by atoms with van der Waals surface area (Å²) in [6, 6.07) is 17.2. The van der Waals surface area contributed by atoms with Gasteiger partial charge in [0, 0.05) is 59.7 Å². The second-order valence-electron chi connectivity index (χ2n) is 16.3. The number of aromatic nitrogens is 3. The Morgan fingerprint density at radius 3 is 2.29 bits per heavy atom. The second kappa shape index (κ2) is 17.6. The van der Waals surface area contributed by atoms with Crippen molar-refractivity contribution >= 4 is 29.4 Å². The molecule has 8 rings (SSSR count). The first-order valence-electron chi connectivity index (χ1n) is 20.7. The molecule has 4 aromatic rings. The summed E-state index contributed by atoms with van der Waals surface area (Å²) in [5.41, 5.74) is 2.36. The molecule has 4 fully saturated rings. The van der Waals surface area contributed by atoms with Crippen molar-refractivity contribution < 1.29 is 23.2 Å². The van der Waals surface area contributed by atoms with Gasteiger partial charge in [-0.15, -0.1) is 0 Å². The first-order chi connectivity index (χ1) is 28.2. The number of piperidine rings is 2. The number of likely N-dealkylation sites (tertiary alicyclic amines) is 1. The maximum Gasteiger partial charge on any atom is 0.255 e. The number of benzene rings is 2. The molecule has 2 aromatic carbocycles. The first-order valence-corrected chi connectivity index (χ1v) is 20.7. The van der Waals surface area contributed by atoms with Crippen molar-refractivity contribution in [2.24, 2.45) is 5.92 Å². The van der Waals surface area contributed by atoms with E-state index in [9.17, 15) is 23.6 Å². The standard InChI is InChI=1S/C44H50F2N8O4/c45-36-25-32(48-38-17-18-39(55)51-43(38)58)13-16-35(36)27-19-22-53(23-20-27)33-14-11-30(12-15-33)49-42(57)28-7-9-31(10-8-28)50-44-47-26-37(46)41(52-44)29-4-3-5-34(24-29)54-21-2-1-6-40(54)56/h1-6,13,16,21,24-28,30-31,33,38,48H,7-12,14-15,17-20,22-23H2,(H,49,57)(H,47,50,52)(H,51,55,58)/t28-,30?,31-,33?,38-/m1/s1. The van der Waals surface area contributed by atoms with Crippen molar-refractivity contribution in [3.8, 4) is 16.9 Å². The predicted octanol–water partition coefficient (Wildman–Crippen LogP) is 6.07. The van der Waals surface area contributed by atoms with Crippen LogP contribution < -0.4 is 26.8 Å². The number of halogens is 2. The van der Waals surface area contributed by atoms with Crippen molar-refractivity contribution in [1.82, 2.24) is 30.1 Å². The van der Waals surface area contributed by atoms with Crippen molar-refractivity contribution in [3.05, 3.63) is 101 Å². The Morgan fingerprint density at radius 2 is 1.55 bits per heavy atom. The van der Waals surface area contributed by atoms with Gasteiger partial charge < -0.3 is 20.9 Å². The molecule has 304 valence electrons. The van der Waals surface area contributed by atoms with E-state index in [0.29, 0.717) is 40.9 Å². The van der Waals surface area contributed by atoms with Gasteiger partial charge in [-0.25, -0.2) is 18.7 Å². The molecule has 1 atom stereocenters. The molecule has 0 bridgehead atoms. The summed E-state index contributed by atoms with van der Waals surface area (Å²) < 4.78 is 31.7. The van der Waals surface area contributed by atoms with Gasteiger partial charge in [-0.1, -0.05) is 24.3 Å². The second-order valence-corrected chi connectivity index (χ2v) is 16.3. The number of pyridine rings is 1. The summed E-state index contributed by atoms with van der Waals surface area (Å²) in [5, 5.41) is 12.1. The molecule has 2 saturated heterocycles. The number of hydrogen-bond donors (Lipinski definition) is 4. The number of nitrogens with zero attached hydrogens (tertiary/aromatic N) is 4. The lowest BCUT2D eigenvalue weighted by Crippen LogP contribution is -2.47. The van der Waals surface area contributed by atoms with E-state index < -0.39 is 11.9 Å².